The molecule has 1 saturated heterocycles. The van der Waals surface area contributed by atoms with Crippen molar-refractivity contribution in [1.29, 1.82) is 0 Å². The average molecular weight is 376 g/mol. The average Bonchev–Trinajstić information content (AvgIpc) is 3.13. The van der Waals surface area contributed by atoms with E-state index in [9.17, 15) is 9.59 Å². The second-order valence-corrected chi connectivity index (χ2v) is 7.08. The highest BCUT2D eigenvalue weighted by atomic mass is 16.5. The van der Waals surface area contributed by atoms with Crippen LogP contribution in [0.1, 0.15) is 51.6 Å². The van der Waals surface area contributed by atoms with E-state index >= 15 is 0 Å². The van der Waals surface area contributed by atoms with Gasteiger partial charge in [-0.2, -0.15) is 0 Å². The minimum Gasteiger partial charge on any atom is -0.494 e. The molecule has 0 radical (unpaired) electrons. The van der Waals surface area contributed by atoms with E-state index < -0.39 is 6.04 Å². The lowest BCUT2D eigenvalue weighted by atomic mass is 9.99. The highest BCUT2D eigenvalue weighted by molar-refractivity contribution is 5.85. The first-order valence-corrected chi connectivity index (χ1v) is 9.84. The smallest absolute Gasteiger partial charge is 0.328 e. The Labute approximate surface area is 162 Å². The zero-order valence-electron chi connectivity index (χ0n) is 16.9. The van der Waals surface area contributed by atoms with Crippen LogP contribution in [-0.4, -0.2) is 49.6 Å². The second kappa shape index (κ2) is 10.3. The molecule has 1 aliphatic rings. The minimum absolute atomic E-state index is 0.0295. The van der Waals surface area contributed by atoms with Gasteiger partial charge in [0.1, 0.15) is 11.8 Å². The summed E-state index contributed by atoms with van der Waals surface area (Å²) in [6.45, 7) is 7.70. The molecule has 0 spiro atoms. The van der Waals surface area contributed by atoms with E-state index in [1.165, 1.54) is 12.7 Å². The van der Waals surface area contributed by atoms with Gasteiger partial charge in [-0.3, -0.25) is 9.69 Å². The molecule has 1 N–H and O–H groups in total. The molecule has 6 heteroatoms. The molecule has 1 aliphatic heterocycles. The molecule has 1 aromatic rings. The lowest BCUT2D eigenvalue weighted by Gasteiger charge is -2.27. The number of likely N-dealkylation sites (tertiary alicyclic amines) is 1. The lowest BCUT2D eigenvalue weighted by molar-refractivity contribution is -0.146. The van der Waals surface area contributed by atoms with Crippen molar-refractivity contribution in [1.82, 2.24) is 10.2 Å². The van der Waals surface area contributed by atoms with Crippen molar-refractivity contribution < 1.29 is 19.1 Å². The molecule has 1 amide bonds. The quantitative estimate of drug-likeness (QED) is 0.671. The van der Waals surface area contributed by atoms with E-state index in [4.69, 9.17) is 9.47 Å². The molecule has 1 aromatic carbocycles. The van der Waals surface area contributed by atoms with Crippen LogP contribution in [0.4, 0.5) is 0 Å². The van der Waals surface area contributed by atoms with Crippen LogP contribution in [0, 0.1) is 5.92 Å². The summed E-state index contributed by atoms with van der Waals surface area (Å²) in [4.78, 5) is 26.8. The van der Waals surface area contributed by atoms with Crippen molar-refractivity contribution in [3.63, 3.8) is 0 Å². The first kappa shape index (κ1) is 21.2. The topological polar surface area (TPSA) is 67.9 Å². The van der Waals surface area contributed by atoms with Gasteiger partial charge in [0.05, 0.1) is 20.3 Å². The third-order valence-corrected chi connectivity index (χ3v) is 5.27. The Morgan fingerprint density at radius 3 is 2.56 bits per heavy atom. The summed E-state index contributed by atoms with van der Waals surface area (Å²) < 4.78 is 10.4. The number of hydrogen-bond acceptors (Lipinski definition) is 5. The van der Waals surface area contributed by atoms with Gasteiger partial charge in [0.15, 0.2) is 0 Å². The predicted molar refractivity (Wildman–Crippen MR) is 105 cm³/mol. The first-order chi connectivity index (χ1) is 13.0. The fraction of sp³-hybridized carbons (Fsp3) is 0.619. The van der Waals surface area contributed by atoms with Gasteiger partial charge in [0.2, 0.25) is 5.91 Å². The van der Waals surface area contributed by atoms with E-state index in [-0.39, 0.29) is 30.4 Å². The van der Waals surface area contributed by atoms with Gasteiger partial charge < -0.3 is 14.8 Å². The monoisotopic (exact) mass is 376 g/mol. The first-order valence-electron chi connectivity index (χ1n) is 9.84. The third-order valence-electron chi connectivity index (χ3n) is 5.27. The molecule has 0 aliphatic carbocycles. The van der Waals surface area contributed by atoms with Crippen LogP contribution in [0.3, 0.4) is 0 Å². The summed E-state index contributed by atoms with van der Waals surface area (Å²) in [5.74, 6) is 0.366. The van der Waals surface area contributed by atoms with Crippen LogP contribution in [-0.2, 0) is 14.3 Å². The van der Waals surface area contributed by atoms with Gasteiger partial charge in [0, 0.05) is 6.04 Å². The van der Waals surface area contributed by atoms with Crippen molar-refractivity contribution >= 4 is 11.9 Å². The van der Waals surface area contributed by atoms with Gasteiger partial charge in [-0.25, -0.2) is 4.79 Å². The SMILES string of the molecule is CCOc1ccc(C2CCCN2CC(=O)NC(C(=O)OC)C(C)CC)cc1. The molecule has 3 unspecified atom stereocenters. The molecule has 0 bridgehead atoms. The third kappa shape index (κ3) is 5.70. The van der Waals surface area contributed by atoms with Gasteiger partial charge in [-0.05, 0) is 49.9 Å². The molecular weight excluding hydrogens is 344 g/mol. The van der Waals surface area contributed by atoms with Crippen LogP contribution < -0.4 is 10.1 Å². The maximum absolute atomic E-state index is 12.6. The van der Waals surface area contributed by atoms with Crippen molar-refractivity contribution in [2.24, 2.45) is 5.92 Å². The fourth-order valence-electron chi connectivity index (χ4n) is 3.55. The summed E-state index contributed by atoms with van der Waals surface area (Å²) in [5, 5.41) is 2.87. The van der Waals surface area contributed by atoms with E-state index in [1.807, 2.05) is 32.9 Å². The minimum atomic E-state index is -0.598. The fourth-order valence-corrected chi connectivity index (χ4v) is 3.55. The number of ether oxygens (including phenoxy) is 2. The van der Waals surface area contributed by atoms with E-state index in [0.717, 1.165) is 31.6 Å². The normalized spacial score (nSPS) is 19.3. The number of nitrogens with zero attached hydrogens (tertiary/aromatic N) is 1. The Morgan fingerprint density at radius 1 is 1.26 bits per heavy atom. The molecule has 1 heterocycles. The number of methoxy groups -OCH3 is 1. The number of hydrogen-bond donors (Lipinski definition) is 1. The Bertz CT molecular complexity index is 617. The summed E-state index contributed by atoms with van der Waals surface area (Å²) in [5.41, 5.74) is 1.19. The standard InChI is InChI=1S/C21H32N2O4/c1-5-15(3)20(21(25)26-4)22-19(24)14-23-13-7-8-18(23)16-9-11-17(12-10-16)27-6-2/h9-12,15,18,20H,5-8,13-14H2,1-4H3,(H,22,24). The van der Waals surface area contributed by atoms with E-state index in [0.29, 0.717) is 6.61 Å². The number of amides is 1. The summed E-state index contributed by atoms with van der Waals surface area (Å²) >= 11 is 0. The van der Waals surface area contributed by atoms with Crippen LogP contribution in [0.5, 0.6) is 5.75 Å². The molecule has 3 atom stereocenters. The van der Waals surface area contributed by atoms with Gasteiger partial charge in [-0.15, -0.1) is 0 Å². The Hall–Kier alpha value is -2.08. The molecular formula is C21H32N2O4. The predicted octanol–water partition coefficient (Wildman–Crippen LogP) is 2.93. The second-order valence-electron chi connectivity index (χ2n) is 7.08. The Balaban J connectivity index is 2.00. The number of esters is 1. The van der Waals surface area contributed by atoms with Crippen LogP contribution in [0.2, 0.25) is 0 Å². The van der Waals surface area contributed by atoms with Crippen LogP contribution >= 0.6 is 0 Å². The maximum Gasteiger partial charge on any atom is 0.328 e. The molecule has 150 valence electrons. The van der Waals surface area contributed by atoms with Crippen LogP contribution in [0.15, 0.2) is 24.3 Å². The van der Waals surface area contributed by atoms with Crippen molar-refractivity contribution in [3.8, 4) is 5.75 Å². The zero-order valence-corrected chi connectivity index (χ0v) is 16.9. The van der Waals surface area contributed by atoms with Gasteiger partial charge >= 0.3 is 5.97 Å². The Morgan fingerprint density at radius 2 is 1.96 bits per heavy atom. The highest BCUT2D eigenvalue weighted by Crippen LogP contribution is 2.32. The number of carbonyl (C=O) groups excluding carboxylic acids is 2. The van der Waals surface area contributed by atoms with Crippen molar-refractivity contribution in [3.05, 3.63) is 29.8 Å². The maximum atomic E-state index is 12.6. The van der Waals surface area contributed by atoms with E-state index in [2.05, 4.69) is 22.3 Å². The zero-order chi connectivity index (χ0) is 19.8. The molecule has 0 aromatic heterocycles. The molecule has 1 fully saturated rings. The Kier molecular flexibility index (Phi) is 8.10. The lowest BCUT2D eigenvalue weighted by Crippen LogP contribution is -2.48. The number of nitrogens with one attached hydrogen (secondary N) is 1. The van der Waals surface area contributed by atoms with Gasteiger partial charge in [0.25, 0.3) is 0 Å². The molecule has 6 nitrogen and oxygen atoms in total. The summed E-state index contributed by atoms with van der Waals surface area (Å²) in [6, 6.07) is 7.72. The van der Waals surface area contributed by atoms with Crippen molar-refractivity contribution in [2.75, 3.05) is 26.8 Å². The summed E-state index contributed by atoms with van der Waals surface area (Å²) in [7, 11) is 1.35. The molecule has 0 saturated carbocycles. The number of benzene rings is 1. The number of carbonyl (C=O) groups is 2. The summed E-state index contributed by atoms with van der Waals surface area (Å²) in [6.07, 6.45) is 2.86. The van der Waals surface area contributed by atoms with Crippen molar-refractivity contribution in [2.45, 2.75) is 52.1 Å². The van der Waals surface area contributed by atoms with E-state index in [1.54, 1.807) is 0 Å². The number of rotatable bonds is 9. The van der Waals surface area contributed by atoms with Crippen LogP contribution in [0.25, 0.3) is 0 Å². The van der Waals surface area contributed by atoms with Gasteiger partial charge in [-0.1, -0.05) is 32.4 Å². The highest BCUT2D eigenvalue weighted by Gasteiger charge is 2.31. The molecule has 2 rings (SSSR count). The largest absolute Gasteiger partial charge is 0.494 e. The molecule has 27 heavy (non-hydrogen) atoms.